The minimum Gasteiger partial charge on any atom is -0.425 e. The molecular weight excluding hydrogens is 468 g/mol. The number of hydrogen-bond donors (Lipinski definition) is 0. The Labute approximate surface area is 209 Å². The molecule has 0 atom stereocenters. The van der Waals surface area contributed by atoms with E-state index in [9.17, 15) is 20.1 Å². The smallest absolute Gasteiger partial charge is 0.314 e. The van der Waals surface area contributed by atoms with E-state index in [0.29, 0.717) is 37.4 Å². The fourth-order valence-electron chi connectivity index (χ4n) is 4.68. The Morgan fingerprint density at radius 2 is 1.15 bits per heavy atom. The van der Waals surface area contributed by atoms with E-state index in [1.807, 2.05) is 12.1 Å². The van der Waals surface area contributed by atoms with Gasteiger partial charge in [0.05, 0.1) is 25.9 Å². The van der Waals surface area contributed by atoms with E-state index < -0.39 is 0 Å². The Morgan fingerprint density at radius 1 is 0.765 bits per heavy atom. The molecule has 0 N–H and O–H groups in total. The van der Waals surface area contributed by atoms with Crippen molar-refractivity contribution in [1.29, 1.82) is 10.5 Å². The summed E-state index contributed by atoms with van der Waals surface area (Å²) in [5.41, 5.74) is -0.0108. The quantitative estimate of drug-likeness (QED) is 0.261. The van der Waals surface area contributed by atoms with Gasteiger partial charge in [-0.3, -0.25) is 9.59 Å². The van der Waals surface area contributed by atoms with Gasteiger partial charge in [0.1, 0.15) is 29.2 Å². The largest absolute Gasteiger partial charge is 0.425 e. The van der Waals surface area contributed by atoms with Crippen molar-refractivity contribution in [2.24, 2.45) is 23.7 Å². The van der Waals surface area contributed by atoms with Crippen molar-refractivity contribution in [3.8, 4) is 23.6 Å². The first-order chi connectivity index (χ1) is 16.4. The number of nitrogens with zero attached hydrogens (tertiary/aromatic N) is 2. The third kappa shape index (κ3) is 5.45. The third-order valence-corrected chi connectivity index (χ3v) is 9.60. The van der Waals surface area contributed by atoms with Gasteiger partial charge < -0.3 is 9.47 Å². The highest BCUT2D eigenvalue weighted by molar-refractivity contribution is 8.24. The summed E-state index contributed by atoms with van der Waals surface area (Å²) in [5, 5.41) is 18.7. The summed E-state index contributed by atoms with van der Waals surface area (Å²) < 4.78 is 12.1. The van der Waals surface area contributed by atoms with Gasteiger partial charge in [-0.25, -0.2) is 0 Å². The summed E-state index contributed by atoms with van der Waals surface area (Å²) in [6.07, 6.45) is 7.32. The van der Waals surface area contributed by atoms with Crippen LogP contribution in [0, 0.1) is 46.3 Å². The van der Waals surface area contributed by atoms with Gasteiger partial charge in [0.2, 0.25) is 0 Å². The molecule has 2 fully saturated rings. The Balaban J connectivity index is 1.58. The first-order valence-corrected chi connectivity index (χ1v) is 13.5. The lowest BCUT2D eigenvalue weighted by Gasteiger charge is -2.25. The summed E-state index contributed by atoms with van der Waals surface area (Å²) in [7, 11) is 0. The van der Waals surface area contributed by atoms with Crippen molar-refractivity contribution in [2.75, 3.05) is 0 Å². The number of carbonyl (C=O) groups excluding carboxylic acids is 2. The van der Waals surface area contributed by atoms with Crippen LogP contribution in [0.2, 0.25) is 0 Å². The number of carbonyl (C=O) groups is 2. The summed E-state index contributed by atoms with van der Waals surface area (Å²) in [6, 6.07) is 7.15. The highest BCUT2D eigenvalue weighted by atomic mass is 32.2. The average Bonchev–Trinajstić information content (AvgIpc) is 3.28. The lowest BCUT2D eigenvalue weighted by Crippen LogP contribution is -2.25. The van der Waals surface area contributed by atoms with E-state index >= 15 is 0 Å². The van der Waals surface area contributed by atoms with Crippen LogP contribution >= 0.6 is 23.5 Å². The van der Waals surface area contributed by atoms with Crippen molar-refractivity contribution < 1.29 is 19.1 Å². The van der Waals surface area contributed by atoms with Crippen molar-refractivity contribution in [2.45, 2.75) is 75.0 Å². The lowest BCUT2D eigenvalue weighted by atomic mass is 9.83. The Morgan fingerprint density at radius 3 is 1.50 bits per heavy atom. The number of nitriles is 2. The Hall–Kier alpha value is -2.42. The van der Waals surface area contributed by atoms with Gasteiger partial charge >= 0.3 is 11.9 Å². The molecule has 178 valence electrons. The van der Waals surface area contributed by atoms with Crippen LogP contribution in [0.25, 0.3) is 0 Å². The number of esters is 2. The maximum absolute atomic E-state index is 12.9. The summed E-state index contributed by atoms with van der Waals surface area (Å²) in [6.45, 7) is 4.40. The maximum atomic E-state index is 12.9. The zero-order chi connectivity index (χ0) is 24.2. The molecule has 0 bridgehead atoms. The number of allylic oxidation sites excluding steroid dienone is 1. The molecule has 4 rings (SSSR count). The minimum absolute atomic E-state index is 0.0108. The number of ether oxygens (including phenoxy) is 2. The molecular formula is C26H28N2O4S2. The van der Waals surface area contributed by atoms with Crippen LogP contribution < -0.4 is 9.47 Å². The molecule has 1 aromatic carbocycles. The molecule has 2 aliphatic carbocycles. The molecule has 0 aromatic heterocycles. The molecule has 1 heterocycles. The van der Waals surface area contributed by atoms with Gasteiger partial charge in [0, 0.05) is 0 Å². The minimum atomic E-state index is -0.251. The fraction of sp³-hybridized carbons (Fsp3) is 0.538. The number of rotatable bonds is 4. The van der Waals surface area contributed by atoms with Gasteiger partial charge in [-0.2, -0.15) is 10.5 Å². The summed E-state index contributed by atoms with van der Waals surface area (Å²) in [5.74, 6) is 1.27. The summed E-state index contributed by atoms with van der Waals surface area (Å²) in [4.78, 5) is 26.9. The van der Waals surface area contributed by atoms with E-state index in [4.69, 9.17) is 9.47 Å². The van der Waals surface area contributed by atoms with Crippen LogP contribution in [0.3, 0.4) is 0 Å². The first kappa shape index (κ1) is 24.7. The zero-order valence-corrected chi connectivity index (χ0v) is 21.1. The second kappa shape index (κ2) is 10.9. The number of fused-ring (bicyclic) bond motifs is 1. The van der Waals surface area contributed by atoms with E-state index in [2.05, 4.69) is 13.8 Å². The van der Waals surface area contributed by atoms with Crippen LogP contribution in [0.1, 0.15) is 65.2 Å². The molecule has 0 unspecified atom stereocenters. The molecule has 1 aromatic rings. The molecule has 2 saturated carbocycles. The van der Waals surface area contributed by atoms with E-state index in [1.54, 1.807) is 12.1 Å². The van der Waals surface area contributed by atoms with Crippen LogP contribution in [0.4, 0.5) is 0 Å². The molecule has 6 nitrogen and oxygen atoms in total. The monoisotopic (exact) mass is 496 g/mol. The van der Waals surface area contributed by atoms with Gasteiger partial charge in [0.25, 0.3) is 0 Å². The highest BCUT2D eigenvalue weighted by Crippen LogP contribution is 2.59. The Kier molecular flexibility index (Phi) is 7.91. The maximum Gasteiger partial charge on any atom is 0.314 e. The molecule has 0 amide bonds. The topological polar surface area (TPSA) is 100 Å². The molecule has 0 spiro atoms. The summed E-state index contributed by atoms with van der Waals surface area (Å²) >= 11 is 2.43. The number of hydrogen-bond acceptors (Lipinski definition) is 8. The van der Waals surface area contributed by atoms with Crippen LogP contribution in [0.5, 0.6) is 11.5 Å². The van der Waals surface area contributed by atoms with Gasteiger partial charge in [0.15, 0.2) is 0 Å². The van der Waals surface area contributed by atoms with Crippen molar-refractivity contribution in [3.05, 3.63) is 21.9 Å². The standard InChI is InChI=1S/C26H28N2O4S2/c1-15-3-7-17(8-4-15)24(29)31-20-11-12-21(32-25(30)18-9-5-16(2)6-10-18)23-22(20)33-26(34-23)19(13-27)14-28/h11-12,15-18H,3-10H2,1-2H3. The lowest BCUT2D eigenvalue weighted by molar-refractivity contribution is -0.141. The number of benzene rings is 1. The molecule has 0 radical (unpaired) electrons. The van der Waals surface area contributed by atoms with E-state index in [1.165, 1.54) is 23.5 Å². The van der Waals surface area contributed by atoms with Gasteiger partial charge in [-0.15, -0.1) is 0 Å². The second-order valence-corrected chi connectivity index (χ2v) is 11.9. The Bertz CT molecular complexity index is 1000. The van der Waals surface area contributed by atoms with Crippen LogP contribution in [-0.2, 0) is 9.59 Å². The van der Waals surface area contributed by atoms with Gasteiger partial charge in [-0.05, 0) is 75.3 Å². The van der Waals surface area contributed by atoms with Crippen LogP contribution in [-0.4, -0.2) is 11.9 Å². The van der Waals surface area contributed by atoms with E-state index in [0.717, 1.165) is 51.4 Å². The molecule has 0 saturated heterocycles. The van der Waals surface area contributed by atoms with Crippen LogP contribution in [0.15, 0.2) is 31.7 Å². The molecule has 1 aliphatic heterocycles. The zero-order valence-electron chi connectivity index (χ0n) is 19.5. The number of thioether (sulfide) groups is 2. The van der Waals surface area contributed by atoms with E-state index in [-0.39, 0.29) is 29.3 Å². The second-order valence-electron chi connectivity index (χ2n) is 9.57. The average molecular weight is 497 g/mol. The molecule has 3 aliphatic rings. The van der Waals surface area contributed by atoms with Crippen molar-refractivity contribution >= 4 is 35.5 Å². The van der Waals surface area contributed by atoms with Crippen molar-refractivity contribution in [3.63, 3.8) is 0 Å². The fourth-order valence-corrected chi connectivity index (χ4v) is 7.16. The highest BCUT2D eigenvalue weighted by Gasteiger charge is 2.33. The molecule has 8 heteroatoms. The molecule has 34 heavy (non-hydrogen) atoms. The normalized spacial score (nSPS) is 26.1. The third-order valence-electron chi connectivity index (χ3n) is 6.98. The van der Waals surface area contributed by atoms with Crippen molar-refractivity contribution in [1.82, 2.24) is 0 Å². The SMILES string of the molecule is CC1CCC(C(=O)Oc2ccc(OC(=O)C3CCC(C)CC3)c3c2SC(=C(C#N)C#N)S3)CC1. The van der Waals surface area contributed by atoms with Gasteiger partial charge in [-0.1, -0.05) is 37.4 Å². The predicted octanol–water partition coefficient (Wildman–Crippen LogP) is 6.61. The first-order valence-electron chi connectivity index (χ1n) is 11.9. The predicted molar refractivity (Wildman–Crippen MR) is 130 cm³/mol.